The highest BCUT2D eigenvalue weighted by atomic mass is 32.2. The molecule has 0 bridgehead atoms. The lowest BCUT2D eigenvalue weighted by atomic mass is 9.87. The van der Waals surface area contributed by atoms with E-state index in [9.17, 15) is 13.2 Å². The Bertz CT molecular complexity index is 408. The van der Waals surface area contributed by atoms with Crippen LogP contribution in [0.3, 0.4) is 0 Å². The maximum atomic E-state index is 12.2. The summed E-state index contributed by atoms with van der Waals surface area (Å²) in [5, 5.41) is 8.55. The van der Waals surface area contributed by atoms with Crippen LogP contribution in [0.15, 0.2) is 0 Å². The van der Waals surface area contributed by atoms with Gasteiger partial charge in [-0.3, -0.25) is 4.79 Å². The molecule has 0 aromatic heterocycles. The standard InChI is InChI=1S/C12H21NO5S/c14-12(15)9-1-3-10(4-2-9)13-19(16,17)11-5-7-18-8-6-11/h9-11,13H,1-8H2,(H,14,15). The van der Waals surface area contributed by atoms with Gasteiger partial charge in [0.05, 0.1) is 11.2 Å². The highest BCUT2D eigenvalue weighted by Crippen LogP contribution is 2.26. The summed E-state index contributed by atoms with van der Waals surface area (Å²) < 4.78 is 32.3. The molecule has 2 fully saturated rings. The van der Waals surface area contributed by atoms with E-state index in [0.717, 1.165) is 0 Å². The number of sulfonamides is 1. The van der Waals surface area contributed by atoms with Gasteiger partial charge in [0.1, 0.15) is 0 Å². The molecule has 2 aliphatic rings. The van der Waals surface area contributed by atoms with E-state index < -0.39 is 16.0 Å². The van der Waals surface area contributed by atoms with Crippen LogP contribution in [0.4, 0.5) is 0 Å². The van der Waals surface area contributed by atoms with Crippen molar-refractivity contribution in [3.8, 4) is 0 Å². The summed E-state index contributed by atoms with van der Waals surface area (Å²) in [6.07, 6.45) is 3.41. The fourth-order valence-electron chi connectivity index (χ4n) is 2.77. The van der Waals surface area contributed by atoms with Crippen molar-refractivity contribution in [2.75, 3.05) is 13.2 Å². The smallest absolute Gasteiger partial charge is 0.306 e. The Morgan fingerprint density at radius 3 is 2.16 bits per heavy atom. The Labute approximate surface area is 113 Å². The monoisotopic (exact) mass is 291 g/mol. The van der Waals surface area contributed by atoms with Crippen molar-refractivity contribution in [3.63, 3.8) is 0 Å². The summed E-state index contributed by atoms with van der Waals surface area (Å²) in [5.74, 6) is -1.09. The van der Waals surface area contributed by atoms with E-state index in [1.807, 2.05) is 0 Å². The molecule has 2 N–H and O–H groups in total. The molecule has 1 heterocycles. The summed E-state index contributed by atoms with van der Waals surface area (Å²) in [4.78, 5) is 10.8. The van der Waals surface area contributed by atoms with Gasteiger partial charge in [-0.2, -0.15) is 0 Å². The molecule has 0 amide bonds. The lowest BCUT2D eigenvalue weighted by molar-refractivity contribution is -0.142. The quantitative estimate of drug-likeness (QED) is 0.796. The summed E-state index contributed by atoms with van der Waals surface area (Å²) in [6.45, 7) is 0.995. The predicted octanol–water partition coefficient (Wildman–Crippen LogP) is 0.728. The Morgan fingerprint density at radius 2 is 1.63 bits per heavy atom. The summed E-state index contributed by atoms with van der Waals surface area (Å²) >= 11 is 0. The van der Waals surface area contributed by atoms with E-state index in [2.05, 4.69) is 4.72 Å². The molecule has 1 aliphatic heterocycles. The maximum Gasteiger partial charge on any atom is 0.306 e. The third-order valence-corrected chi connectivity index (χ3v) is 6.03. The van der Waals surface area contributed by atoms with Crippen molar-refractivity contribution in [1.82, 2.24) is 4.72 Å². The molecular formula is C12H21NO5S. The highest BCUT2D eigenvalue weighted by Gasteiger charge is 2.32. The molecule has 1 aliphatic carbocycles. The molecule has 0 unspecified atom stereocenters. The van der Waals surface area contributed by atoms with Crippen LogP contribution in [-0.2, 0) is 19.6 Å². The molecule has 0 radical (unpaired) electrons. The molecule has 0 atom stereocenters. The summed E-state index contributed by atoms with van der Waals surface area (Å²) in [5.41, 5.74) is 0. The van der Waals surface area contributed by atoms with Gasteiger partial charge in [-0.25, -0.2) is 13.1 Å². The second-order valence-electron chi connectivity index (χ2n) is 5.36. The van der Waals surface area contributed by atoms with E-state index in [0.29, 0.717) is 51.7 Å². The van der Waals surface area contributed by atoms with Crippen molar-refractivity contribution in [1.29, 1.82) is 0 Å². The Hall–Kier alpha value is -0.660. The maximum absolute atomic E-state index is 12.2. The average Bonchev–Trinajstić information content (AvgIpc) is 2.40. The van der Waals surface area contributed by atoms with E-state index in [-0.39, 0.29) is 17.2 Å². The molecule has 0 spiro atoms. The Balaban J connectivity index is 1.85. The number of nitrogens with one attached hydrogen (secondary N) is 1. The molecular weight excluding hydrogens is 270 g/mol. The van der Waals surface area contributed by atoms with Gasteiger partial charge in [0.25, 0.3) is 0 Å². The molecule has 0 aromatic carbocycles. The van der Waals surface area contributed by atoms with E-state index in [4.69, 9.17) is 9.84 Å². The molecule has 0 aromatic rings. The first-order valence-electron chi connectivity index (χ1n) is 6.81. The largest absolute Gasteiger partial charge is 0.481 e. The first-order chi connectivity index (χ1) is 8.99. The zero-order valence-electron chi connectivity index (χ0n) is 10.9. The van der Waals surface area contributed by atoms with E-state index in [1.165, 1.54) is 0 Å². The first kappa shape index (κ1) is 14.7. The van der Waals surface area contributed by atoms with Crippen molar-refractivity contribution < 1.29 is 23.1 Å². The van der Waals surface area contributed by atoms with Gasteiger partial charge >= 0.3 is 5.97 Å². The summed E-state index contributed by atoms with van der Waals surface area (Å²) in [6, 6.07) is -0.108. The molecule has 110 valence electrons. The minimum absolute atomic E-state index is 0.108. The van der Waals surface area contributed by atoms with Crippen molar-refractivity contribution in [2.24, 2.45) is 5.92 Å². The topological polar surface area (TPSA) is 92.7 Å². The van der Waals surface area contributed by atoms with Crippen LogP contribution in [0.5, 0.6) is 0 Å². The molecule has 2 rings (SSSR count). The molecule has 6 nitrogen and oxygen atoms in total. The number of hydrogen-bond acceptors (Lipinski definition) is 4. The van der Waals surface area contributed by atoms with Crippen LogP contribution in [0, 0.1) is 5.92 Å². The first-order valence-corrected chi connectivity index (χ1v) is 8.35. The number of hydrogen-bond donors (Lipinski definition) is 2. The number of rotatable bonds is 4. The minimum atomic E-state index is -3.30. The Kier molecular flexibility index (Phi) is 4.81. The zero-order valence-corrected chi connectivity index (χ0v) is 11.7. The lowest BCUT2D eigenvalue weighted by Gasteiger charge is -2.29. The number of ether oxygens (including phenoxy) is 1. The van der Waals surface area contributed by atoms with Crippen LogP contribution in [-0.4, -0.2) is 44.0 Å². The number of carboxylic acids is 1. The fourth-order valence-corrected chi connectivity index (χ4v) is 4.48. The van der Waals surface area contributed by atoms with E-state index in [1.54, 1.807) is 0 Å². The van der Waals surface area contributed by atoms with Gasteiger partial charge < -0.3 is 9.84 Å². The SMILES string of the molecule is O=C(O)C1CCC(NS(=O)(=O)C2CCOCC2)CC1. The van der Waals surface area contributed by atoms with Crippen LogP contribution in [0.2, 0.25) is 0 Å². The van der Waals surface area contributed by atoms with Gasteiger partial charge in [-0.05, 0) is 38.5 Å². The van der Waals surface area contributed by atoms with Crippen LogP contribution >= 0.6 is 0 Å². The number of aliphatic carboxylic acids is 1. The molecule has 7 heteroatoms. The predicted molar refractivity (Wildman–Crippen MR) is 69.3 cm³/mol. The third-order valence-electron chi connectivity index (χ3n) is 4.01. The second kappa shape index (κ2) is 6.19. The second-order valence-corrected chi connectivity index (χ2v) is 7.35. The lowest BCUT2D eigenvalue weighted by Crippen LogP contribution is -2.44. The van der Waals surface area contributed by atoms with Gasteiger partial charge in [0.15, 0.2) is 0 Å². The van der Waals surface area contributed by atoms with Crippen LogP contribution in [0.25, 0.3) is 0 Å². The van der Waals surface area contributed by atoms with Gasteiger partial charge in [0, 0.05) is 19.3 Å². The zero-order chi connectivity index (χ0) is 13.9. The van der Waals surface area contributed by atoms with Crippen LogP contribution in [0.1, 0.15) is 38.5 Å². The average molecular weight is 291 g/mol. The Morgan fingerprint density at radius 1 is 1.05 bits per heavy atom. The highest BCUT2D eigenvalue weighted by molar-refractivity contribution is 7.90. The normalized spacial score (nSPS) is 30.1. The van der Waals surface area contributed by atoms with Crippen LogP contribution < -0.4 is 4.72 Å². The third kappa shape index (κ3) is 3.90. The van der Waals surface area contributed by atoms with Gasteiger partial charge in [-0.15, -0.1) is 0 Å². The van der Waals surface area contributed by atoms with Gasteiger partial charge in [0.2, 0.25) is 10.0 Å². The molecule has 19 heavy (non-hydrogen) atoms. The minimum Gasteiger partial charge on any atom is -0.481 e. The van der Waals surface area contributed by atoms with Crippen molar-refractivity contribution in [3.05, 3.63) is 0 Å². The van der Waals surface area contributed by atoms with Gasteiger partial charge in [-0.1, -0.05) is 0 Å². The number of carbonyl (C=O) groups is 1. The van der Waals surface area contributed by atoms with E-state index >= 15 is 0 Å². The fraction of sp³-hybridized carbons (Fsp3) is 0.917. The molecule has 1 saturated heterocycles. The van der Waals surface area contributed by atoms with Crippen molar-refractivity contribution in [2.45, 2.75) is 49.8 Å². The summed E-state index contributed by atoms with van der Waals surface area (Å²) in [7, 11) is -3.30. The van der Waals surface area contributed by atoms with Crippen molar-refractivity contribution >= 4 is 16.0 Å². The number of carboxylic acid groups (broad SMARTS) is 1. The molecule has 1 saturated carbocycles.